The van der Waals surface area contributed by atoms with Crippen LogP contribution in [0.25, 0.3) is 0 Å². The number of rotatable bonds is 1. The van der Waals surface area contributed by atoms with E-state index < -0.39 is 0 Å². The molecule has 0 spiro atoms. The molecule has 15 heavy (non-hydrogen) atoms. The molecule has 0 amide bonds. The number of hydrogen-bond donors (Lipinski definition) is 0. The standard InChI is InChI=1S/C13H18N2/c1-10-2-5-14-8-12(10)13-9-15-6-3-11(13)4-7-15/h2,5,8,11,13H,3-4,6-7,9H2,1H3. The topological polar surface area (TPSA) is 16.1 Å². The second-order valence-electron chi connectivity index (χ2n) is 4.98. The third kappa shape index (κ3) is 1.57. The van der Waals surface area contributed by atoms with Crippen LogP contribution in [0.15, 0.2) is 18.5 Å². The summed E-state index contributed by atoms with van der Waals surface area (Å²) in [5.74, 6) is 1.67. The number of aryl methyl sites for hydroxylation is 1. The predicted molar refractivity (Wildman–Crippen MR) is 60.9 cm³/mol. The fourth-order valence-corrected chi connectivity index (χ4v) is 3.18. The first-order chi connectivity index (χ1) is 7.34. The molecule has 1 aromatic rings. The van der Waals surface area contributed by atoms with Crippen molar-refractivity contribution < 1.29 is 0 Å². The van der Waals surface area contributed by atoms with Crippen LogP contribution in [0.1, 0.15) is 29.9 Å². The number of fused-ring (bicyclic) bond motifs is 3. The maximum absolute atomic E-state index is 4.29. The summed E-state index contributed by atoms with van der Waals surface area (Å²) in [6.45, 7) is 6.12. The highest BCUT2D eigenvalue weighted by atomic mass is 15.1. The summed E-state index contributed by atoms with van der Waals surface area (Å²) in [5.41, 5.74) is 2.91. The molecule has 2 nitrogen and oxygen atoms in total. The minimum atomic E-state index is 0.751. The largest absolute Gasteiger partial charge is 0.303 e. The lowest BCUT2D eigenvalue weighted by Crippen LogP contribution is -2.46. The van der Waals surface area contributed by atoms with Crippen LogP contribution >= 0.6 is 0 Å². The highest BCUT2D eigenvalue weighted by Gasteiger charge is 2.35. The lowest BCUT2D eigenvalue weighted by Gasteiger charge is -2.45. The van der Waals surface area contributed by atoms with Gasteiger partial charge in [-0.2, -0.15) is 0 Å². The molecule has 0 saturated carbocycles. The number of nitrogens with zero attached hydrogens (tertiary/aromatic N) is 2. The van der Waals surface area contributed by atoms with Crippen LogP contribution in [0.5, 0.6) is 0 Å². The van der Waals surface area contributed by atoms with Crippen LogP contribution < -0.4 is 0 Å². The number of piperidine rings is 3. The molecule has 3 saturated heterocycles. The lowest BCUT2D eigenvalue weighted by molar-refractivity contribution is 0.0867. The normalized spacial score (nSPS) is 34.3. The van der Waals surface area contributed by atoms with E-state index in [2.05, 4.69) is 29.1 Å². The minimum Gasteiger partial charge on any atom is -0.303 e. The Hall–Kier alpha value is -0.890. The first-order valence-corrected chi connectivity index (χ1v) is 5.97. The highest BCUT2D eigenvalue weighted by molar-refractivity contribution is 5.27. The Balaban J connectivity index is 1.91. The van der Waals surface area contributed by atoms with Crippen molar-refractivity contribution in [3.8, 4) is 0 Å². The quantitative estimate of drug-likeness (QED) is 0.694. The van der Waals surface area contributed by atoms with Crippen molar-refractivity contribution in [2.45, 2.75) is 25.7 Å². The van der Waals surface area contributed by atoms with E-state index in [9.17, 15) is 0 Å². The Morgan fingerprint density at radius 1 is 1.33 bits per heavy atom. The summed E-state index contributed by atoms with van der Waals surface area (Å²) in [6, 6.07) is 2.15. The van der Waals surface area contributed by atoms with Gasteiger partial charge in [0, 0.05) is 24.9 Å². The predicted octanol–water partition coefficient (Wildman–Crippen LogP) is 2.20. The molecule has 1 unspecified atom stereocenters. The van der Waals surface area contributed by atoms with Crippen LogP contribution in [0, 0.1) is 12.8 Å². The minimum absolute atomic E-state index is 0.751. The van der Waals surface area contributed by atoms with E-state index in [0.717, 1.165) is 11.8 Å². The zero-order chi connectivity index (χ0) is 10.3. The van der Waals surface area contributed by atoms with Gasteiger partial charge in [0.05, 0.1) is 0 Å². The Morgan fingerprint density at radius 2 is 2.13 bits per heavy atom. The van der Waals surface area contributed by atoms with Crippen LogP contribution in [-0.4, -0.2) is 29.5 Å². The second-order valence-corrected chi connectivity index (χ2v) is 4.98. The van der Waals surface area contributed by atoms with E-state index in [-0.39, 0.29) is 0 Å². The van der Waals surface area contributed by atoms with Gasteiger partial charge in [0.15, 0.2) is 0 Å². The molecule has 3 fully saturated rings. The molecule has 0 N–H and O–H groups in total. The SMILES string of the molecule is Cc1ccncc1C1CN2CCC1CC2. The van der Waals surface area contributed by atoms with Crippen LogP contribution in [0.4, 0.5) is 0 Å². The molecule has 0 aliphatic carbocycles. The highest BCUT2D eigenvalue weighted by Crippen LogP contribution is 2.39. The summed E-state index contributed by atoms with van der Waals surface area (Å²) < 4.78 is 0. The monoisotopic (exact) mass is 202 g/mol. The smallest absolute Gasteiger partial charge is 0.0305 e. The van der Waals surface area contributed by atoms with Gasteiger partial charge in [-0.05, 0) is 56.0 Å². The summed E-state index contributed by atoms with van der Waals surface area (Å²) in [5, 5.41) is 0. The molecule has 0 aromatic carbocycles. The van der Waals surface area contributed by atoms with Crippen LogP contribution in [0.2, 0.25) is 0 Å². The molecule has 3 aliphatic heterocycles. The average molecular weight is 202 g/mol. The maximum Gasteiger partial charge on any atom is 0.0305 e. The fourth-order valence-electron chi connectivity index (χ4n) is 3.18. The zero-order valence-corrected chi connectivity index (χ0v) is 9.32. The van der Waals surface area contributed by atoms with Gasteiger partial charge in [-0.25, -0.2) is 0 Å². The molecule has 80 valence electrons. The molecule has 1 atom stereocenters. The van der Waals surface area contributed by atoms with Gasteiger partial charge >= 0.3 is 0 Å². The van der Waals surface area contributed by atoms with Crippen molar-refractivity contribution in [3.63, 3.8) is 0 Å². The van der Waals surface area contributed by atoms with Gasteiger partial charge in [0.1, 0.15) is 0 Å². The van der Waals surface area contributed by atoms with Crippen molar-refractivity contribution in [2.75, 3.05) is 19.6 Å². The molecule has 4 heterocycles. The maximum atomic E-state index is 4.29. The Labute approximate surface area is 91.3 Å². The van der Waals surface area contributed by atoms with Gasteiger partial charge in [-0.15, -0.1) is 0 Å². The molecule has 4 rings (SSSR count). The van der Waals surface area contributed by atoms with Crippen LogP contribution in [-0.2, 0) is 0 Å². The van der Waals surface area contributed by atoms with Crippen molar-refractivity contribution in [1.29, 1.82) is 0 Å². The molecule has 2 bridgehead atoms. The van der Waals surface area contributed by atoms with E-state index in [0.29, 0.717) is 0 Å². The van der Waals surface area contributed by atoms with Gasteiger partial charge in [-0.1, -0.05) is 0 Å². The van der Waals surface area contributed by atoms with Gasteiger partial charge in [-0.3, -0.25) is 4.98 Å². The summed E-state index contributed by atoms with van der Waals surface area (Å²) >= 11 is 0. The zero-order valence-electron chi connectivity index (χ0n) is 9.32. The molecule has 3 aliphatic rings. The molecular formula is C13H18N2. The molecule has 0 radical (unpaired) electrons. The lowest BCUT2D eigenvalue weighted by atomic mass is 9.75. The van der Waals surface area contributed by atoms with Gasteiger partial charge in [0.2, 0.25) is 0 Å². The first-order valence-electron chi connectivity index (χ1n) is 5.97. The Morgan fingerprint density at radius 3 is 2.73 bits per heavy atom. The van der Waals surface area contributed by atoms with E-state index in [4.69, 9.17) is 0 Å². The van der Waals surface area contributed by atoms with Gasteiger partial charge < -0.3 is 4.90 Å². The molecule has 1 aromatic heterocycles. The van der Waals surface area contributed by atoms with Gasteiger partial charge in [0.25, 0.3) is 0 Å². The van der Waals surface area contributed by atoms with E-state index in [1.54, 1.807) is 0 Å². The fraction of sp³-hybridized carbons (Fsp3) is 0.615. The second kappa shape index (κ2) is 3.60. The first kappa shape index (κ1) is 9.34. The Kier molecular flexibility index (Phi) is 2.24. The third-order valence-corrected chi connectivity index (χ3v) is 4.14. The molecule has 2 heteroatoms. The Bertz CT molecular complexity index is 353. The van der Waals surface area contributed by atoms with E-state index in [1.165, 1.54) is 43.6 Å². The van der Waals surface area contributed by atoms with Crippen molar-refractivity contribution in [3.05, 3.63) is 29.6 Å². The van der Waals surface area contributed by atoms with Crippen molar-refractivity contribution in [2.24, 2.45) is 5.92 Å². The third-order valence-electron chi connectivity index (χ3n) is 4.14. The number of pyridine rings is 1. The van der Waals surface area contributed by atoms with E-state index in [1.807, 2.05) is 6.20 Å². The summed E-state index contributed by atoms with van der Waals surface area (Å²) in [6.07, 6.45) is 6.76. The number of hydrogen-bond acceptors (Lipinski definition) is 2. The van der Waals surface area contributed by atoms with Crippen molar-refractivity contribution in [1.82, 2.24) is 9.88 Å². The van der Waals surface area contributed by atoms with Crippen LogP contribution in [0.3, 0.4) is 0 Å². The van der Waals surface area contributed by atoms with Crippen molar-refractivity contribution >= 4 is 0 Å². The average Bonchev–Trinajstić information content (AvgIpc) is 2.31. The summed E-state index contributed by atoms with van der Waals surface area (Å²) in [7, 11) is 0. The number of aromatic nitrogens is 1. The van der Waals surface area contributed by atoms with E-state index >= 15 is 0 Å². The molecular weight excluding hydrogens is 184 g/mol. The summed E-state index contributed by atoms with van der Waals surface area (Å²) in [4.78, 5) is 6.89.